The Labute approximate surface area is 243 Å². The third kappa shape index (κ3) is 6.59. The van der Waals surface area contributed by atoms with E-state index in [1.54, 1.807) is 11.0 Å². The Morgan fingerprint density at radius 1 is 1.21 bits per heavy atom. The molecule has 2 saturated heterocycles. The fourth-order valence-electron chi connectivity index (χ4n) is 6.08. The highest BCUT2D eigenvalue weighted by Gasteiger charge is 2.36. The number of nitrogens with zero attached hydrogens (tertiary/aromatic N) is 8. The topological polar surface area (TPSA) is 82.3 Å². The van der Waals surface area contributed by atoms with Crippen molar-refractivity contribution in [2.45, 2.75) is 50.5 Å². The predicted octanol–water partition coefficient (Wildman–Crippen LogP) is 3.13. The molecule has 10 nitrogen and oxygen atoms in total. The number of piperazine rings is 1. The Hall–Kier alpha value is -3.92. The van der Waals surface area contributed by atoms with Crippen molar-refractivity contribution in [3.05, 3.63) is 59.4 Å². The molecule has 224 valence electrons. The number of carbonyl (C=O) groups excluding carboxylic acids is 1. The maximum atomic E-state index is 13.3. The summed E-state index contributed by atoms with van der Waals surface area (Å²) in [5.41, 5.74) is 2.21. The summed E-state index contributed by atoms with van der Waals surface area (Å²) in [7, 11) is 2.06. The van der Waals surface area contributed by atoms with E-state index in [1.807, 2.05) is 4.90 Å². The van der Waals surface area contributed by atoms with E-state index in [9.17, 15) is 18.0 Å². The van der Waals surface area contributed by atoms with Crippen LogP contribution in [0.15, 0.2) is 31.1 Å². The van der Waals surface area contributed by atoms with Crippen molar-refractivity contribution in [2.75, 3.05) is 62.7 Å². The van der Waals surface area contributed by atoms with Crippen LogP contribution in [0.2, 0.25) is 0 Å². The van der Waals surface area contributed by atoms with Crippen LogP contribution in [-0.2, 0) is 24.2 Å². The van der Waals surface area contributed by atoms with E-state index < -0.39 is 12.6 Å². The number of alkyl halides is 3. The number of likely N-dealkylation sites (N-methyl/N-ethyl adjacent to an activating group) is 1. The number of pyridine rings is 1. The van der Waals surface area contributed by atoms with E-state index in [-0.39, 0.29) is 36.1 Å². The second-order valence-corrected chi connectivity index (χ2v) is 11.0. The van der Waals surface area contributed by atoms with E-state index in [0.29, 0.717) is 63.0 Å². The molecular formula is C29H35F3N8O2. The molecule has 0 aliphatic carbocycles. The maximum Gasteiger partial charge on any atom is 0.393 e. The van der Waals surface area contributed by atoms with Gasteiger partial charge < -0.3 is 29.2 Å². The van der Waals surface area contributed by atoms with Gasteiger partial charge in [0.15, 0.2) is 0 Å². The van der Waals surface area contributed by atoms with Crippen LogP contribution in [0.25, 0.3) is 4.85 Å². The van der Waals surface area contributed by atoms with Gasteiger partial charge in [-0.2, -0.15) is 23.1 Å². The van der Waals surface area contributed by atoms with Crippen molar-refractivity contribution < 1.29 is 22.7 Å². The highest BCUT2D eigenvalue weighted by molar-refractivity contribution is 5.87. The van der Waals surface area contributed by atoms with E-state index in [1.165, 1.54) is 18.5 Å². The SMILES string of the molecule is [C-]#[N+]CC1CN(c2nc(OC[C@@H]3CCCN3C)nc3c2CCN(c2ccncc2CC(F)(F)F)C3)CCN1C(=O)C=C. The molecule has 0 N–H and O–H groups in total. The van der Waals surface area contributed by atoms with Gasteiger partial charge in [0.25, 0.3) is 0 Å². The fraction of sp³-hybridized carbons (Fsp3) is 0.552. The van der Waals surface area contributed by atoms with Crippen molar-refractivity contribution >= 4 is 17.4 Å². The number of aromatic nitrogens is 3. The number of hydrogen-bond donors (Lipinski definition) is 0. The zero-order valence-corrected chi connectivity index (χ0v) is 23.7. The van der Waals surface area contributed by atoms with E-state index >= 15 is 0 Å². The minimum atomic E-state index is -4.35. The summed E-state index contributed by atoms with van der Waals surface area (Å²) in [5, 5.41) is 0. The first kappa shape index (κ1) is 29.6. The molecule has 3 aliphatic heterocycles. The van der Waals surface area contributed by atoms with Crippen LogP contribution in [0, 0.1) is 6.57 Å². The number of anilines is 2. The first-order chi connectivity index (χ1) is 20.2. The lowest BCUT2D eigenvalue weighted by atomic mass is 10.0. The van der Waals surface area contributed by atoms with Gasteiger partial charge in [0, 0.05) is 61.4 Å². The van der Waals surface area contributed by atoms with Gasteiger partial charge in [-0.15, -0.1) is 0 Å². The zero-order chi connectivity index (χ0) is 29.9. The third-order valence-electron chi connectivity index (χ3n) is 8.25. The molecule has 0 radical (unpaired) electrons. The third-order valence-corrected chi connectivity index (χ3v) is 8.25. The molecule has 2 atom stereocenters. The van der Waals surface area contributed by atoms with Crippen molar-refractivity contribution in [2.24, 2.45) is 0 Å². The monoisotopic (exact) mass is 584 g/mol. The van der Waals surface area contributed by atoms with Crippen molar-refractivity contribution in [1.82, 2.24) is 24.8 Å². The zero-order valence-electron chi connectivity index (χ0n) is 23.7. The summed E-state index contributed by atoms with van der Waals surface area (Å²) < 4.78 is 46.1. The van der Waals surface area contributed by atoms with Gasteiger partial charge in [-0.1, -0.05) is 6.58 Å². The second kappa shape index (κ2) is 12.5. The van der Waals surface area contributed by atoms with Crippen LogP contribution in [0.1, 0.15) is 29.7 Å². The Morgan fingerprint density at radius 2 is 2.05 bits per heavy atom. The Bertz CT molecular complexity index is 1350. The summed E-state index contributed by atoms with van der Waals surface area (Å²) in [6, 6.07) is 1.77. The summed E-state index contributed by atoms with van der Waals surface area (Å²) in [5.74, 6) is 0.487. The lowest BCUT2D eigenvalue weighted by Gasteiger charge is -2.41. The molecule has 3 aliphatic rings. The Morgan fingerprint density at radius 3 is 2.76 bits per heavy atom. The van der Waals surface area contributed by atoms with Crippen molar-refractivity contribution in [3.63, 3.8) is 0 Å². The van der Waals surface area contributed by atoms with Gasteiger partial charge in [0.2, 0.25) is 12.5 Å². The summed E-state index contributed by atoms with van der Waals surface area (Å²) in [4.78, 5) is 37.5. The van der Waals surface area contributed by atoms with Gasteiger partial charge in [0.05, 0.1) is 18.7 Å². The second-order valence-electron chi connectivity index (χ2n) is 11.0. The van der Waals surface area contributed by atoms with Gasteiger partial charge in [0.1, 0.15) is 18.5 Å². The first-order valence-electron chi connectivity index (χ1n) is 14.2. The van der Waals surface area contributed by atoms with E-state index in [2.05, 4.69) is 33.3 Å². The molecule has 0 bridgehead atoms. The number of hydrogen-bond acceptors (Lipinski definition) is 8. The number of ether oxygens (including phenoxy) is 1. The van der Waals surface area contributed by atoms with Crippen LogP contribution < -0.4 is 14.5 Å². The molecule has 5 heterocycles. The average Bonchev–Trinajstić information content (AvgIpc) is 3.39. The minimum Gasteiger partial charge on any atom is -0.462 e. The van der Waals surface area contributed by atoms with E-state index in [4.69, 9.17) is 21.3 Å². The smallest absolute Gasteiger partial charge is 0.393 e. The lowest BCUT2D eigenvalue weighted by molar-refractivity contribution is -0.128. The molecule has 2 fully saturated rings. The Kier molecular flexibility index (Phi) is 8.82. The van der Waals surface area contributed by atoms with Crippen LogP contribution in [0.4, 0.5) is 24.7 Å². The number of likely N-dealkylation sites (tertiary alicyclic amines) is 1. The predicted molar refractivity (Wildman–Crippen MR) is 151 cm³/mol. The van der Waals surface area contributed by atoms with Crippen LogP contribution >= 0.6 is 0 Å². The molecule has 0 saturated carbocycles. The molecule has 2 aromatic rings. The summed E-state index contributed by atoms with van der Waals surface area (Å²) in [6.45, 7) is 14.7. The molecule has 0 aromatic carbocycles. The minimum absolute atomic E-state index is 0.119. The molecular weight excluding hydrogens is 549 g/mol. The van der Waals surface area contributed by atoms with Crippen LogP contribution in [0.5, 0.6) is 6.01 Å². The number of rotatable bonds is 8. The molecule has 5 rings (SSSR count). The fourth-order valence-corrected chi connectivity index (χ4v) is 6.08. The number of amides is 1. The van der Waals surface area contributed by atoms with Gasteiger partial charge in [-0.05, 0) is 45.0 Å². The highest BCUT2D eigenvalue weighted by Crippen LogP contribution is 2.34. The summed E-state index contributed by atoms with van der Waals surface area (Å²) in [6.07, 6.45) is 1.26. The highest BCUT2D eigenvalue weighted by atomic mass is 19.4. The van der Waals surface area contributed by atoms with Crippen molar-refractivity contribution in [1.29, 1.82) is 0 Å². The molecule has 42 heavy (non-hydrogen) atoms. The number of carbonyl (C=O) groups is 1. The quantitative estimate of drug-likeness (QED) is 0.346. The van der Waals surface area contributed by atoms with Gasteiger partial charge in [-0.3, -0.25) is 9.78 Å². The van der Waals surface area contributed by atoms with Crippen molar-refractivity contribution in [3.8, 4) is 6.01 Å². The standard InChI is InChI=1S/C29H35F3N8O2/c1-4-26(41)40-13-12-39(17-22(40)16-33-2)27-23-8-11-38(25-7-9-34-15-20(25)14-29(30,31)32)18-24(23)35-28(36-27)42-19-21-6-5-10-37(21)3/h4,7,9,15,21-22H,1,5-6,8,10-14,16-19H2,3H3/t21-,22?/m0/s1. The molecule has 2 aromatic heterocycles. The number of fused-ring (bicyclic) bond motifs is 1. The average molecular weight is 585 g/mol. The molecule has 1 unspecified atom stereocenters. The normalized spacial score (nSPS) is 21.2. The maximum absolute atomic E-state index is 13.3. The van der Waals surface area contributed by atoms with Gasteiger partial charge >= 0.3 is 12.2 Å². The molecule has 0 spiro atoms. The molecule has 13 heteroatoms. The van der Waals surface area contributed by atoms with Gasteiger partial charge in [-0.25, -0.2) is 6.57 Å². The van der Waals surface area contributed by atoms with E-state index in [0.717, 1.165) is 24.9 Å². The lowest BCUT2D eigenvalue weighted by Crippen LogP contribution is -2.56. The Balaban J connectivity index is 1.46. The number of halogens is 3. The first-order valence-corrected chi connectivity index (χ1v) is 14.2. The molecule has 1 amide bonds. The van der Waals surface area contributed by atoms with Crippen LogP contribution in [0.3, 0.4) is 0 Å². The largest absolute Gasteiger partial charge is 0.462 e. The van der Waals surface area contributed by atoms with Crippen LogP contribution in [-0.4, -0.2) is 102 Å². The summed E-state index contributed by atoms with van der Waals surface area (Å²) >= 11 is 0.